The molecule has 0 radical (unpaired) electrons. The molecule has 2 rings (SSSR count). The summed E-state index contributed by atoms with van der Waals surface area (Å²) in [7, 11) is 0. The molecule has 0 bridgehead atoms. The molecule has 0 spiro atoms. The predicted octanol–water partition coefficient (Wildman–Crippen LogP) is 3.52. The Kier molecular flexibility index (Phi) is 3.48. The second kappa shape index (κ2) is 4.93. The summed E-state index contributed by atoms with van der Waals surface area (Å²) in [6, 6.07) is 5.93. The molecular weight excluding hydrogens is 283 g/mol. The molecule has 100 valence electrons. The molecule has 4 nitrogen and oxygen atoms in total. The second-order valence-electron chi connectivity index (χ2n) is 3.48. The quantitative estimate of drug-likeness (QED) is 0.859. The van der Waals surface area contributed by atoms with Crippen LogP contribution in [0.15, 0.2) is 30.3 Å². The Labute approximate surface area is 111 Å². The second-order valence-corrected chi connectivity index (χ2v) is 3.87. The molecule has 19 heavy (non-hydrogen) atoms. The van der Waals surface area contributed by atoms with Crippen molar-refractivity contribution in [3.63, 3.8) is 0 Å². The number of hydrogen-bond donors (Lipinski definition) is 1. The highest BCUT2D eigenvalue weighted by Gasteiger charge is 2.34. The van der Waals surface area contributed by atoms with Crippen LogP contribution in [0.3, 0.4) is 0 Å². The van der Waals surface area contributed by atoms with Crippen LogP contribution in [0.5, 0.6) is 11.6 Å². The third-order valence-electron chi connectivity index (χ3n) is 2.10. The van der Waals surface area contributed by atoms with Crippen molar-refractivity contribution in [2.45, 2.75) is 6.18 Å². The maximum Gasteiger partial charge on any atom is 0.419 e. The minimum atomic E-state index is -4.53. The molecule has 0 aliphatic heterocycles. The smallest absolute Gasteiger partial charge is 0.419 e. The van der Waals surface area contributed by atoms with Gasteiger partial charge in [-0.1, -0.05) is 23.7 Å². The molecule has 0 amide bonds. The summed E-state index contributed by atoms with van der Waals surface area (Å²) in [4.78, 5) is 7.22. The van der Waals surface area contributed by atoms with Crippen LogP contribution in [-0.4, -0.2) is 9.97 Å². The van der Waals surface area contributed by atoms with Crippen LogP contribution in [0.1, 0.15) is 5.56 Å². The molecule has 0 saturated carbocycles. The summed E-state index contributed by atoms with van der Waals surface area (Å²) in [5.74, 6) is -0.731. The van der Waals surface area contributed by atoms with Crippen molar-refractivity contribution in [3.8, 4) is 11.6 Å². The third-order valence-corrected chi connectivity index (χ3v) is 2.29. The van der Waals surface area contributed by atoms with Crippen molar-refractivity contribution in [3.05, 3.63) is 41.0 Å². The van der Waals surface area contributed by atoms with Crippen LogP contribution in [0, 0.1) is 0 Å². The first-order chi connectivity index (χ1) is 8.86. The van der Waals surface area contributed by atoms with Gasteiger partial charge in [-0.05, 0) is 12.1 Å². The summed E-state index contributed by atoms with van der Waals surface area (Å²) >= 11 is 5.61. The summed E-state index contributed by atoms with van der Waals surface area (Å²) in [5, 5.41) is -0.0213. The van der Waals surface area contributed by atoms with Gasteiger partial charge in [0.25, 0.3) is 0 Å². The van der Waals surface area contributed by atoms with E-state index in [0.717, 1.165) is 6.07 Å². The molecular formula is C11H7ClF3N3O. The van der Waals surface area contributed by atoms with Gasteiger partial charge in [-0.15, -0.1) is 0 Å². The van der Waals surface area contributed by atoms with Crippen LogP contribution >= 0.6 is 11.6 Å². The highest BCUT2D eigenvalue weighted by atomic mass is 35.5. The van der Waals surface area contributed by atoms with Crippen molar-refractivity contribution in [2.75, 3.05) is 5.73 Å². The molecule has 0 unspecified atom stereocenters. The number of rotatable bonds is 2. The van der Waals surface area contributed by atoms with Gasteiger partial charge in [-0.2, -0.15) is 18.2 Å². The lowest BCUT2D eigenvalue weighted by Crippen LogP contribution is -2.07. The van der Waals surface area contributed by atoms with Gasteiger partial charge in [0, 0.05) is 6.07 Å². The summed E-state index contributed by atoms with van der Waals surface area (Å²) in [5.41, 5.74) is 4.41. The van der Waals surface area contributed by atoms with Crippen LogP contribution < -0.4 is 10.5 Å². The summed E-state index contributed by atoms with van der Waals surface area (Å²) in [6.07, 6.45) is -4.53. The summed E-state index contributed by atoms with van der Waals surface area (Å²) < 4.78 is 43.3. The molecule has 2 N–H and O–H groups in total. The first-order valence-corrected chi connectivity index (χ1v) is 5.38. The first kappa shape index (κ1) is 13.4. The number of ether oxygens (including phenoxy) is 1. The number of nitrogen functional groups attached to an aromatic ring is 1. The predicted molar refractivity (Wildman–Crippen MR) is 63.0 cm³/mol. The molecule has 0 saturated heterocycles. The van der Waals surface area contributed by atoms with Gasteiger partial charge >= 0.3 is 6.18 Å². The van der Waals surface area contributed by atoms with E-state index < -0.39 is 11.7 Å². The maximum absolute atomic E-state index is 12.7. The van der Waals surface area contributed by atoms with Crippen molar-refractivity contribution in [1.82, 2.24) is 9.97 Å². The van der Waals surface area contributed by atoms with E-state index >= 15 is 0 Å². The Morgan fingerprint density at radius 2 is 1.84 bits per heavy atom. The van der Waals surface area contributed by atoms with E-state index in [4.69, 9.17) is 22.1 Å². The number of nitrogens with two attached hydrogens (primary N) is 1. The van der Waals surface area contributed by atoms with Crippen LogP contribution in [-0.2, 0) is 6.18 Å². The number of halogens is 4. The van der Waals surface area contributed by atoms with E-state index in [2.05, 4.69) is 9.97 Å². The zero-order valence-corrected chi connectivity index (χ0v) is 10.0. The highest BCUT2D eigenvalue weighted by Crippen LogP contribution is 2.37. The van der Waals surface area contributed by atoms with E-state index in [1.807, 2.05) is 0 Å². The molecule has 1 heterocycles. The fraction of sp³-hybridized carbons (Fsp3) is 0.0909. The number of nitrogens with zero attached hydrogens (tertiary/aromatic N) is 2. The number of para-hydroxylation sites is 1. The maximum atomic E-state index is 12.7. The standard InChI is InChI=1S/C11H7ClF3N3O/c12-8-5-9(18-10(16)17-8)19-7-4-2-1-3-6(7)11(13,14)15/h1-5H,(H2,16,17,18). The minimum Gasteiger partial charge on any atom is -0.438 e. The normalized spacial score (nSPS) is 11.4. The molecule has 0 atom stereocenters. The SMILES string of the molecule is Nc1nc(Cl)cc(Oc2ccccc2C(F)(F)F)n1. The van der Waals surface area contributed by atoms with E-state index in [0.29, 0.717) is 0 Å². The lowest BCUT2D eigenvalue weighted by Gasteiger charge is -2.12. The highest BCUT2D eigenvalue weighted by molar-refractivity contribution is 6.29. The van der Waals surface area contributed by atoms with E-state index in [1.165, 1.54) is 24.3 Å². The van der Waals surface area contributed by atoms with Gasteiger partial charge in [0.05, 0.1) is 5.56 Å². The molecule has 1 aromatic carbocycles. The molecule has 0 aliphatic carbocycles. The number of anilines is 1. The van der Waals surface area contributed by atoms with E-state index in [9.17, 15) is 13.2 Å². The molecule has 2 aromatic rings. The molecule has 0 aliphatic rings. The monoisotopic (exact) mass is 289 g/mol. The van der Waals surface area contributed by atoms with Gasteiger partial charge in [0.1, 0.15) is 10.9 Å². The fourth-order valence-electron chi connectivity index (χ4n) is 1.37. The number of alkyl halides is 3. The Balaban J connectivity index is 2.38. The van der Waals surface area contributed by atoms with Crippen molar-refractivity contribution >= 4 is 17.5 Å². The van der Waals surface area contributed by atoms with E-state index in [1.54, 1.807) is 0 Å². The topological polar surface area (TPSA) is 61.0 Å². The number of benzene rings is 1. The lowest BCUT2D eigenvalue weighted by molar-refractivity contribution is -0.138. The number of aromatic nitrogens is 2. The Morgan fingerprint density at radius 1 is 1.16 bits per heavy atom. The average Bonchev–Trinajstić information content (AvgIpc) is 2.26. The zero-order valence-electron chi connectivity index (χ0n) is 9.28. The Bertz CT molecular complexity index is 584. The fourth-order valence-corrected chi connectivity index (χ4v) is 1.55. The lowest BCUT2D eigenvalue weighted by atomic mass is 10.2. The average molecular weight is 290 g/mol. The van der Waals surface area contributed by atoms with Gasteiger partial charge in [0.2, 0.25) is 11.8 Å². The van der Waals surface area contributed by atoms with Crippen LogP contribution in [0.2, 0.25) is 5.15 Å². The van der Waals surface area contributed by atoms with Crippen LogP contribution in [0.4, 0.5) is 19.1 Å². The van der Waals surface area contributed by atoms with Gasteiger partial charge < -0.3 is 10.5 Å². The molecule has 1 aromatic heterocycles. The Morgan fingerprint density at radius 3 is 2.47 bits per heavy atom. The van der Waals surface area contributed by atoms with Crippen molar-refractivity contribution in [1.29, 1.82) is 0 Å². The summed E-state index contributed by atoms with van der Waals surface area (Å²) in [6.45, 7) is 0. The number of hydrogen-bond acceptors (Lipinski definition) is 4. The third kappa shape index (κ3) is 3.25. The van der Waals surface area contributed by atoms with Crippen molar-refractivity contribution < 1.29 is 17.9 Å². The van der Waals surface area contributed by atoms with Crippen molar-refractivity contribution in [2.24, 2.45) is 0 Å². The van der Waals surface area contributed by atoms with E-state index in [-0.39, 0.29) is 22.7 Å². The molecule has 0 fully saturated rings. The van der Waals surface area contributed by atoms with Crippen LogP contribution in [0.25, 0.3) is 0 Å². The largest absolute Gasteiger partial charge is 0.438 e. The van der Waals surface area contributed by atoms with Gasteiger partial charge in [-0.25, -0.2) is 4.98 Å². The molecule has 8 heteroatoms. The van der Waals surface area contributed by atoms with Gasteiger partial charge in [-0.3, -0.25) is 0 Å². The first-order valence-electron chi connectivity index (χ1n) is 5.00. The minimum absolute atomic E-state index is 0.0213. The Hall–Kier alpha value is -2.02. The zero-order chi connectivity index (χ0) is 14.0. The van der Waals surface area contributed by atoms with Gasteiger partial charge in [0.15, 0.2) is 0 Å².